The molecule has 5 rings (SSSR count). The fourth-order valence-corrected chi connectivity index (χ4v) is 3.30. The van der Waals surface area contributed by atoms with Gasteiger partial charge in [-0.1, -0.05) is 0 Å². The molecular weight excluding hydrogens is 376 g/mol. The van der Waals surface area contributed by atoms with E-state index in [1.165, 1.54) is 31.8 Å². The lowest BCUT2D eigenvalue weighted by Crippen LogP contribution is -2.07. The first-order chi connectivity index (χ1) is 14.7. The highest BCUT2D eigenvalue weighted by molar-refractivity contribution is 6.02. The summed E-state index contributed by atoms with van der Waals surface area (Å²) >= 11 is 0. The molecule has 30 heavy (non-hydrogen) atoms. The molecule has 152 valence electrons. The Bertz CT molecular complexity index is 1060. The van der Waals surface area contributed by atoms with Crippen molar-refractivity contribution >= 4 is 17.7 Å². The number of nitrogens with zero attached hydrogens (tertiary/aromatic N) is 3. The van der Waals surface area contributed by atoms with E-state index in [4.69, 9.17) is 4.74 Å². The summed E-state index contributed by atoms with van der Waals surface area (Å²) in [6.45, 7) is 0.779. The van der Waals surface area contributed by atoms with Gasteiger partial charge in [0, 0.05) is 41.5 Å². The Balaban J connectivity index is 1.23. The smallest absolute Gasteiger partial charge is 0.248 e. The van der Waals surface area contributed by atoms with E-state index in [1.54, 1.807) is 18.5 Å². The average Bonchev–Trinajstić information content (AvgIpc) is 3.71. The van der Waals surface area contributed by atoms with E-state index < -0.39 is 0 Å². The van der Waals surface area contributed by atoms with Crippen molar-refractivity contribution in [1.29, 1.82) is 0 Å². The van der Waals surface area contributed by atoms with Crippen LogP contribution in [0.15, 0.2) is 61.2 Å². The van der Waals surface area contributed by atoms with E-state index >= 15 is 0 Å². The van der Waals surface area contributed by atoms with Gasteiger partial charge in [-0.25, -0.2) is 0 Å². The van der Waals surface area contributed by atoms with Gasteiger partial charge in [0.25, 0.3) is 0 Å². The van der Waals surface area contributed by atoms with Crippen LogP contribution in [-0.2, 0) is 4.79 Å². The van der Waals surface area contributed by atoms with Crippen LogP contribution in [0.3, 0.4) is 0 Å². The number of benzene rings is 1. The van der Waals surface area contributed by atoms with Crippen LogP contribution < -0.4 is 10.1 Å². The molecule has 3 aromatic rings. The number of hydrogen-bond acceptors (Lipinski definition) is 4. The highest BCUT2D eigenvalue weighted by Gasteiger charge is 2.24. The maximum atomic E-state index is 12.4. The average molecular weight is 400 g/mol. The third kappa shape index (κ3) is 4.59. The number of rotatable bonds is 8. The molecule has 6 heteroatoms. The maximum absolute atomic E-state index is 12.4. The van der Waals surface area contributed by atoms with Crippen molar-refractivity contribution in [1.82, 2.24) is 14.8 Å². The van der Waals surface area contributed by atoms with Crippen molar-refractivity contribution in [3.8, 4) is 16.9 Å². The molecular formula is C24H24N4O2. The highest BCUT2D eigenvalue weighted by atomic mass is 16.5. The van der Waals surface area contributed by atoms with Gasteiger partial charge in [0.05, 0.1) is 18.8 Å². The monoisotopic (exact) mass is 400 g/mol. The minimum atomic E-state index is -0.190. The number of anilines is 1. The predicted octanol–water partition coefficient (Wildman–Crippen LogP) is 4.72. The fraction of sp³-hybridized carbons (Fsp3) is 0.292. The Hall–Kier alpha value is -3.41. The second-order valence-corrected chi connectivity index (χ2v) is 8.00. The molecule has 2 fully saturated rings. The van der Waals surface area contributed by atoms with Crippen LogP contribution in [0.5, 0.6) is 5.75 Å². The minimum Gasteiger partial charge on any atom is -0.493 e. The van der Waals surface area contributed by atoms with E-state index in [0.29, 0.717) is 6.04 Å². The normalized spacial score (nSPS) is 16.0. The SMILES string of the molecule is O=C(C=Cc1cnccc1-c1cnn(C2CC2)c1)Nc1ccc(OCC2CC2)cc1. The molecule has 1 amide bonds. The van der Waals surface area contributed by atoms with Crippen LogP contribution in [0.1, 0.15) is 37.3 Å². The Morgan fingerprint density at radius 2 is 1.97 bits per heavy atom. The first-order valence-corrected chi connectivity index (χ1v) is 10.4. The number of carbonyl (C=O) groups is 1. The Morgan fingerprint density at radius 1 is 1.13 bits per heavy atom. The van der Waals surface area contributed by atoms with Crippen molar-refractivity contribution in [3.05, 3.63) is 66.8 Å². The van der Waals surface area contributed by atoms with Gasteiger partial charge in [0.2, 0.25) is 5.91 Å². The molecule has 2 aliphatic rings. The fourth-order valence-electron chi connectivity index (χ4n) is 3.30. The molecule has 0 saturated heterocycles. The summed E-state index contributed by atoms with van der Waals surface area (Å²) in [7, 11) is 0. The summed E-state index contributed by atoms with van der Waals surface area (Å²) in [5.74, 6) is 1.36. The summed E-state index contributed by atoms with van der Waals surface area (Å²) in [6, 6.07) is 9.98. The molecule has 6 nitrogen and oxygen atoms in total. The van der Waals surface area contributed by atoms with Crippen LogP contribution in [-0.4, -0.2) is 27.3 Å². The molecule has 1 N–H and O–H groups in total. The molecule has 1 aromatic carbocycles. The standard InChI is InChI=1S/C24H24N4O2/c29-24(27-20-4-8-22(9-5-20)30-16-17-1-2-17)10-3-18-13-25-12-11-23(18)19-14-26-28(15-19)21-6-7-21/h3-5,8-15,17,21H,1-2,6-7,16H2,(H,27,29). The first-order valence-electron chi connectivity index (χ1n) is 10.4. The third-order valence-corrected chi connectivity index (χ3v) is 5.40. The molecule has 0 unspecified atom stereocenters. The summed E-state index contributed by atoms with van der Waals surface area (Å²) in [4.78, 5) is 16.6. The predicted molar refractivity (Wildman–Crippen MR) is 116 cm³/mol. The van der Waals surface area contributed by atoms with Gasteiger partial charge in [-0.3, -0.25) is 14.5 Å². The van der Waals surface area contributed by atoms with Crippen LogP contribution in [0, 0.1) is 5.92 Å². The van der Waals surface area contributed by atoms with Crippen LogP contribution in [0.25, 0.3) is 17.2 Å². The largest absolute Gasteiger partial charge is 0.493 e. The van der Waals surface area contributed by atoms with Crippen molar-refractivity contribution in [2.45, 2.75) is 31.7 Å². The van der Waals surface area contributed by atoms with E-state index in [0.717, 1.165) is 40.7 Å². The number of amides is 1. The number of hydrogen-bond donors (Lipinski definition) is 1. The molecule has 0 radical (unpaired) electrons. The molecule has 2 aromatic heterocycles. The molecule has 2 heterocycles. The zero-order chi connectivity index (χ0) is 20.3. The number of carbonyl (C=O) groups excluding carboxylic acids is 1. The van der Waals surface area contributed by atoms with Crippen LogP contribution in [0.2, 0.25) is 0 Å². The Morgan fingerprint density at radius 3 is 2.73 bits per heavy atom. The Labute approximate surface area is 175 Å². The van der Waals surface area contributed by atoms with Crippen molar-refractivity contribution in [2.24, 2.45) is 5.92 Å². The molecule has 0 spiro atoms. The minimum absolute atomic E-state index is 0.190. The second kappa shape index (κ2) is 8.14. The Kier molecular flexibility index (Phi) is 5.05. The number of pyridine rings is 1. The third-order valence-electron chi connectivity index (χ3n) is 5.40. The lowest BCUT2D eigenvalue weighted by molar-refractivity contribution is -0.111. The first kappa shape index (κ1) is 18.6. The van der Waals surface area contributed by atoms with Gasteiger partial charge < -0.3 is 10.1 Å². The quantitative estimate of drug-likeness (QED) is 0.556. The highest BCUT2D eigenvalue weighted by Crippen LogP contribution is 2.35. The van der Waals surface area contributed by atoms with Crippen molar-refractivity contribution in [2.75, 3.05) is 11.9 Å². The molecule has 2 saturated carbocycles. The van der Waals surface area contributed by atoms with Gasteiger partial charge in [-0.15, -0.1) is 0 Å². The second-order valence-electron chi connectivity index (χ2n) is 8.00. The summed E-state index contributed by atoms with van der Waals surface area (Å²) in [5.41, 5.74) is 3.66. The number of nitrogens with one attached hydrogen (secondary N) is 1. The number of aromatic nitrogens is 3. The molecule has 2 aliphatic carbocycles. The summed E-state index contributed by atoms with van der Waals surface area (Å²) in [6.07, 6.45) is 15.7. The summed E-state index contributed by atoms with van der Waals surface area (Å²) < 4.78 is 7.75. The molecule has 0 atom stereocenters. The van der Waals surface area contributed by atoms with Crippen molar-refractivity contribution in [3.63, 3.8) is 0 Å². The van der Waals surface area contributed by atoms with Gasteiger partial charge in [-0.2, -0.15) is 5.10 Å². The summed E-state index contributed by atoms with van der Waals surface area (Å²) in [5, 5.41) is 7.35. The van der Waals surface area contributed by atoms with Gasteiger partial charge in [0.15, 0.2) is 0 Å². The van der Waals surface area contributed by atoms with Crippen molar-refractivity contribution < 1.29 is 9.53 Å². The van der Waals surface area contributed by atoms with E-state index in [9.17, 15) is 4.79 Å². The topological polar surface area (TPSA) is 69.0 Å². The van der Waals surface area contributed by atoms with E-state index in [2.05, 4.69) is 21.6 Å². The van der Waals surface area contributed by atoms with Crippen LogP contribution in [0.4, 0.5) is 5.69 Å². The van der Waals surface area contributed by atoms with E-state index in [-0.39, 0.29) is 5.91 Å². The molecule has 0 aliphatic heterocycles. The number of ether oxygens (including phenoxy) is 1. The lowest BCUT2D eigenvalue weighted by atomic mass is 10.0. The van der Waals surface area contributed by atoms with Gasteiger partial charge in [0.1, 0.15) is 5.75 Å². The van der Waals surface area contributed by atoms with Gasteiger partial charge >= 0.3 is 0 Å². The zero-order valence-corrected chi connectivity index (χ0v) is 16.7. The van der Waals surface area contributed by atoms with Crippen LogP contribution >= 0.6 is 0 Å². The molecule has 0 bridgehead atoms. The maximum Gasteiger partial charge on any atom is 0.248 e. The van der Waals surface area contributed by atoms with Gasteiger partial charge in [-0.05, 0) is 73.6 Å². The van der Waals surface area contributed by atoms with E-state index in [1.807, 2.05) is 41.2 Å². The lowest BCUT2D eigenvalue weighted by Gasteiger charge is -2.07. The zero-order valence-electron chi connectivity index (χ0n) is 16.7.